The van der Waals surface area contributed by atoms with Crippen molar-refractivity contribution in [2.45, 2.75) is 26.3 Å². The summed E-state index contributed by atoms with van der Waals surface area (Å²) in [6.45, 7) is 4.84. The topological polar surface area (TPSA) is 59.2 Å². The molecule has 1 atom stereocenters. The molecule has 1 amide bonds. The molecule has 24 heavy (non-hydrogen) atoms. The molecule has 0 aliphatic heterocycles. The van der Waals surface area contributed by atoms with Crippen LogP contribution in [0.5, 0.6) is 0 Å². The largest absolute Gasteiger partial charge is 0.340 e. The minimum atomic E-state index is -0.0469. The van der Waals surface area contributed by atoms with Crippen LogP contribution in [0.2, 0.25) is 0 Å². The fourth-order valence-corrected chi connectivity index (χ4v) is 2.86. The first kappa shape index (κ1) is 22.9. The van der Waals surface area contributed by atoms with Crippen molar-refractivity contribution >= 4 is 42.1 Å². The van der Waals surface area contributed by atoms with Gasteiger partial charge in [-0.2, -0.15) is 0 Å². The predicted octanol–water partition coefficient (Wildman–Crippen LogP) is 4.10. The van der Waals surface area contributed by atoms with E-state index in [-0.39, 0.29) is 36.8 Å². The molecule has 2 aromatic rings. The number of thiazole rings is 1. The van der Waals surface area contributed by atoms with Gasteiger partial charge in [-0.15, -0.1) is 36.2 Å². The van der Waals surface area contributed by atoms with Crippen molar-refractivity contribution in [3.8, 4) is 10.6 Å². The van der Waals surface area contributed by atoms with Gasteiger partial charge in [-0.05, 0) is 12.3 Å². The lowest BCUT2D eigenvalue weighted by Gasteiger charge is -2.20. The molecule has 0 radical (unpaired) electrons. The van der Waals surface area contributed by atoms with Crippen LogP contribution in [0.1, 0.15) is 30.8 Å². The first-order chi connectivity index (χ1) is 10.5. The number of rotatable bonds is 6. The maximum absolute atomic E-state index is 12.4. The van der Waals surface area contributed by atoms with E-state index in [0.717, 1.165) is 17.0 Å². The van der Waals surface area contributed by atoms with Gasteiger partial charge in [0, 0.05) is 30.6 Å². The van der Waals surface area contributed by atoms with Gasteiger partial charge in [0.05, 0.1) is 0 Å². The number of amides is 1. The van der Waals surface area contributed by atoms with Gasteiger partial charge in [-0.25, -0.2) is 4.98 Å². The van der Waals surface area contributed by atoms with E-state index in [9.17, 15) is 4.79 Å². The van der Waals surface area contributed by atoms with Crippen molar-refractivity contribution in [2.24, 2.45) is 11.7 Å². The Hall–Kier alpha value is -1.14. The number of aromatic nitrogens is 1. The van der Waals surface area contributed by atoms with Crippen molar-refractivity contribution in [2.75, 3.05) is 13.6 Å². The quantitative estimate of drug-likeness (QED) is 0.808. The zero-order valence-electron chi connectivity index (χ0n) is 14.1. The Kier molecular flexibility index (Phi) is 10.2. The predicted molar refractivity (Wildman–Crippen MR) is 106 cm³/mol. The van der Waals surface area contributed by atoms with Crippen LogP contribution in [0.25, 0.3) is 10.6 Å². The van der Waals surface area contributed by atoms with E-state index in [1.807, 2.05) is 35.7 Å². The fourth-order valence-electron chi connectivity index (χ4n) is 2.06. The third kappa shape index (κ3) is 6.06. The molecule has 0 saturated heterocycles. The highest BCUT2D eigenvalue weighted by Gasteiger charge is 2.17. The average molecular weight is 390 g/mol. The highest BCUT2D eigenvalue weighted by atomic mass is 35.5. The summed E-state index contributed by atoms with van der Waals surface area (Å²) in [6, 6.07) is 10.0. The summed E-state index contributed by atoms with van der Waals surface area (Å²) in [5.74, 6) is 0.377. The summed E-state index contributed by atoms with van der Waals surface area (Å²) in [5, 5.41) is 2.69. The third-order valence-corrected chi connectivity index (χ3v) is 4.64. The first-order valence-electron chi connectivity index (χ1n) is 7.51. The third-order valence-electron chi connectivity index (χ3n) is 3.74. The molecular formula is C17H25Cl2N3OS. The first-order valence-corrected chi connectivity index (χ1v) is 8.39. The molecule has 0 fully saturated rings. The Labute approximate surface area is 160 Å². The molecule has 1 unspecified atom stereocenters. The molecule has 0 aliphatic carbocycles. The summed E-state index contributed by atoms with van der Waals surface area (Å²) in [6.07, 6.45) is 0.801. The number of carbonyl (C=O) groups is 1. The summed E-state index contributed by atoms with van der Waals surface area (Å²) in [4.78, 5) is 18.6. The minimum absolute atomic E-state index is 0. The van der Waals surface area contributed by atoms with E-state index in [1.54, 1.807) is 11.9 Å². The Morgan fingerprint density at radius 2 is 1.88 bits per heavy atom. The number of benzene rings is 1. The molecule has 1 aromatic carbocycles. The zero-order valence-corrected chi connectivity index (χ0v) is 16.6. The molecule has 1 heterocycles. The molecule has 2 rings (SSSR count). The number of nitrogens with zero attached hydrogens (tertiary/aromatic N) is 2. The van der Waals surface area contributed by atoms with Crippen molar-refractivity contribution in [1.82, 2.24) is 9.88 Å². The van der Waals surface area contributed by atoms with E-state index in [0.29, 0.717) is 18.2 Å². The standard InChI is InChI=1S/C17H23N3OS.2ClH/c1-12(2)14(18)9-10-20(3)17(21)15-11-22-16(19-15)13-7-5-4-6-8-13;;/h4-8,11-12,14H,9-10,18H2,1-3H3;2*1H. The van der Waals surface area contributed by atoms with Gasteiger partial charge >= 0.3 is 0 Å². The van der Waals surface area contributed by atoms with E-state index >= 15 is 0 Å². The van der Waals surface area contributed by atoms with Gasteiger partial charge in [0.25, 0.3) is 5.91 Å². The second-order valence-electron chi connectivity index (χ2n) is 5.83. The van der Waals surface area contributed by atoms with Crippen molar-refractivity contribution in [3.05, 3.63) is 41.4 Å². The van der Waals surface area contributed by atoms with Gasteiger partial charge in [0.2, 0.25) is 0 Å². The van der Waals surface area contributed by atoms with E-state index in [4.69, 9.17) is 5.73 Å². The highest BCUT2D eigenvalue weighted by Crippen LogP contribution is 2.23. The number of nitrogens with two attached hydrogens (primary N) is 1. The number of halogens is 2. The van der Waals surface area contributed by atoms with Crippen LogP contribution < -0.4 is 5.73 Å². The molecule has 1 aromatic heterocycles. The lowest BCUT2D eigenvalue weighted by Crippen LogP contribution is -2.34. The fraction of sp³-hybridized carbons (Fsp3) is 0.412. The summed E-state index contributed by atoms with van der Waals surface area (Å²) in [5.41, 5.74) is 7.57. The van der Waals surface area contributed by atoms with Crippen molar-refractivity contribution in [1.29, 1.82) is 0 Å². The molecular weight excluding hydrogens is 365 g/mol. The molecule has 2 N–H and O–H groups in total. The molecule has 0 saturated carbocycles. The SMILES string of the molecule is CC(C)C(N)CCN(C)C(=O)c1csc(-c2ccccc2)n1.Cl.Cl. The summed E-state index contributed by atoms with van der Waals surface area (Å²) < 4.78 is 0. The molecule has 0 aliphatic rings. The Balaban J connectivity index is 0.00000264. The molecule has 7 heteroatoms. The van der Waals surface area contributed by atoms with Gasteiger partial charge in [-0.1, -0.05) is 44.2 Å². The Bertz CT molecular complexity index is 619. The molecule has 134 valence electrons. The number of hydrogen-bond acceptors (Lipinski definition) is 4. The van der Waals surface area contributed by atoms with Crippen molar-refractivity contribution in [3.63, 3.8) is 0 Å². The van der Waals surface area contributed by atoms with Crippen LogP contribution in [0.4, 0.5) is 0 Å². The smallest absolute Gasteiger partial charge is 0.273 e. The lowest BCUT2D eigenvalue weighted by atomic mass is 10.0. The summed E-state index contributed by atoms with van der Waals surface area (Å²) in [7, 11) is 1.80. The normalized spacial score (nSPS) is 11.4. The van der Waals surface area contributed by atoms with Gasteiger partial charge < -0.3 is 10.6 Å². The number of hydrogen-bond donors (Lipinski definition) is 1. The van der Waals surface area contributed by atoms with Crippen LogP contribution in [0.3, 0.4) is 0 Å². The van der Waals surface area contributed by atoms with Crippen molar-refractivity contribution < 1.29 is 4.79 Å². The van der Waals surface area contributed by atoms with E-state index < -0.39 is 0 Å². The second-order valence-corrected chi connectivity index (χ2v) is 6.69. The van der Waals surface area contributed by atoms with Gasteiger partial charge in [0.1, 0.15) is 10.7 Å². The maximum Gasteiger partial charge on any atom is 0.273 e. The van der Waals surface area contributed by atoms with Crippen LogP contribution in [0.15, 0.2) is 35.7 Å². The molecule has 0 spiro atoms. The minimum Gasteiger partial charge on any atom is -0.340 e. The van der Waals surface area contributed by atoms with E-state index in [2.05, 4.69) is 18.8 Å². The zero-order chi connectivity index (χ0) is 16.1. The molecule has 4 nitrogen and oxygen atoms in total. The van der Waals surface area contributed by atoms with Gasteiger partial charge in [0.15, 0.2) is 0 Å². The molecule has 0 bridgehead atoms. The average Bonchev–Trinajstić information content (AvgIpc) is 3.02. The van der Waals surface area contributed by atoms with Crippen LogP contribution in [-0.2, 0) is 0 Å². The van der Waals surface area contributed by atoms with Crippen LogP contribution >= 0.6 is 36.2 Å². The number of carbonyl (C=O) groups excluding carboxylic acids is 1. The summed E-state index contributed by atoms with van der Waals surface area (Å²) >= 11 is 1.49. The van der Waals surface area contributed by atoms with Gasteiger partial charge in [-0.3, -0.25) is 4.79 Å². The Morgan fingerprint density at radius 3 is 2.46 bits per heavy atom. The van der Waals surface area contributed by atoms with Crippen LogP contribution in [-0.4, -0.2) is 35.4 Å². The Morgan fingerprint density at radius 1 is 1.25 bits per heavy atom. The highest BCUT2D eigenvalue weighted by molar-refractivity contribution is 7.13. The van der Waals surface area contributed by atoms with Crippen LogP contribution in [0, 0.1) is 5.92 Å². The van der Waals surface area contributed by atoms with E-state index in [1.165, 1.54) is 11.3 Å². The lowest BCUT2D eigenvalue weighted by molar-refractivity contribution is 0.0784. The monoisotopic (exact) mass is 389 g/mol. The maximum atomic E-state index is 12.4. The second kappa shape index (κ2) is 10.7.